The Morgan fingerprint density at radius 1 is 1.77 bits per heavy atom. The van der Waals surface area contributed by atoms with Crippen LogP contribution >= 0.6 is 11.3 Å². The number of thiazole rings is 1. The number of hydrogen-bond donors (Lipinski definition) is 2. The number of aromatic nitrogens is 1. The second-order valence-electron chi connectivity index (χ2n) is 2.64. The lowest BCUT2D eigenvalue weighted by molar-refractivity contribution is -0.146. The summed E-state index contributed by atoms with van der Waals surface area (Å²) in [7, 11) is 0. The van der Waals surface area contributed by atoms with Crippen LogP contribution in [0.2, 0.25) is 0 Å². The van der Waals surface area contributed by atoms with Crippen LogP contribution < -0.4 is 0 Å². The highest BCUT2D eigenvalue weighted by atomic mass is 32.1. The van der Waals surface area contributed by atoms with E-state index in [-0.39, 0.29) is 6.42 Å². The van der Waals surface area contributed by atoms with Crippen molar-refractivity contribution >= 4 is 17.3 Å². The number of aliphatic hydroxyl groups is 1. The second-order valence-corrected chi connectivity index (χ2v) is 3.59. The van der Waals surface area contributed by atoms with Crippen molar-refractivity contribution in [2.24, 2.45) is 0 Å². The number of aliphatic hydroxyl groups excluding tert-OH is 1. The van der Waals surface area contributed by atoms with Gasteiger partial charge in [0.15, 0.2) is 6.10 Å². The molecule has 72 valence electrons. The fraction of sp³-hybridized carbons (Fsp3) is 0.500. The van der Waals surface area contributed by atoms with Crippen molar-refractivity contribution < 1.29 is 15.0 Å². The summed E-state index contributed by atoms with van der Waals surface area (Å²) in [6.07, 6.45) is -0.411. The number of nitrogens with zero attached hydrogens (tertiary/aromatic N) is 1. The molecule has 2 N–H and O–H groups in total. The molecule has 0 saturated heterocycles. The molecule has 0 aliphatic carbocycles. The van der Waals surface area contributed by atoms with Crippen LogP contribution in [0.25, 0.3) is 0 Å². The maximum atomic E-state index is 10.3. The van der Waals surface area contributed by atoms with Crippen molar-refractivity contribution in [3.8, 4) is 0 Å². The van der Waals surface area contributed by atoms with Crippen molar-refractivity contribution in [2.45, 2.75) is 25.9 Å². The number of aliphatic carboxylic acids is 1. The Morgan fingerprint density at radius 2 is 2.46 bits per heavy atom. The van der Waals surface area contributed by atoms with Crippen LogP contribution in [0, 0.1) is 0 Å². The molecule has 0 spiro atoms. The van der Waals surface area contributed by atoms with Crippen LogP contribution in [0.5, 0.6) is 0 Å². The van der Waals surface area contributed by atoms with Gasteiger partial charge < -0.3 is 10.2 Å². The number of carbonyl (C=O) groups is 1. The molecule has 0 saturated carbocycles. The van der Waals surface area contributed by atoms with E-state index in [1.165, 1.54) is 11.3 Å². The molecule has 0 fully saturated rings. The molecular weight excluding hydrogens is 190 g/mol. The molecule has 0 aliphatic heterocycles. The lowest BCUT2D eigenvalue weighted by atomic mass is 10.2. The molecule has 4 nitrogen and oxygen atoms in total. The summed E-state index contributed by atoms with van der Waals surface area (Å²) in [5, 5.41) is 20.2. The van der Waals surface area contributed by atoms with Crippen molar-refractivity contribution in [1.29, 1.82) is 0 Å². The van der Waals surface area contributed by atoms with Gasteiger partial charge in [-0.3, -0.25) is 0 Å². The average Bonchev–Trinajstić information content (AvgIpc) is 2.52. The zero-order chi connectivity index (χ0) is 9.84. The van der Waals surface area contributed by atoms with Gasteiger partial charge in [0, 0.05) is 11.8 Å². The van der Waals surface area contributed by atoms with Gasteiger partial charge in [-0.25, -0.2) is 9.78 Å². The second kappa shape index (κ2) is 4.34. The fourth-order valence-electron chi connectivity index (χ4n) is 0.890. The predicted molar refractivity (Wildman–Crippen MR) is 48.8 cm³/mol. The van der Waals surface area contributed by atoms with Gasteiger partial charge in [0.2, 0.25) is 0 Å². The van der Waals surface area contributed by atoms with E-state index < -0.39 is 12.1 Å². The van der Waals surface area contributed by atoms with Gasteiger partial charge in [-0.2, -0.15) is 0 Å². The monoisotopic (exact) mass is 201 g/mol. The van der Waals surface area contributed by atoms with Gasteiger partial charge in [0.1, 0.15) is 0 Å². The molecule has 0 bridgehead atoms. The van der Waals surface area contributed by atoms with Crippen molar-refractivity contribution in [3.63, 3.8) is 0 Å². The van der Waals surface area contributed by atoms with Gasteiger partial charge in [0.05, 0.1) is 10.7 Å². The summed E-state index contributed by atoms with van der Waals surface area (Å²) in [5.74, 6) is -1.20. The quantitative estimate of drug-likeness (QED) is 0.752. The zero-order valence-electron chi connectivity index (χ0n) is 7.23. The Morgan fingerprint density at radius 3 is 2.92 bits per heavy atom. The molecule has 1 unspecified atom stereocenters. The molecule has 1 rings (SSSR count). The Balaban J connectivity index is 2.58. The highest BCUT2D eigenvalue weighted by molar-refractivity contribution is 7.09. The number of hydrogen-bond acceptors (Lipinski definition) is 4. The average molecular weight is 201 g/mol. The SMILES string of the molecule is CCc1nc(CC(O)C(=O)O)cs1. The van der Waals surface area contributed by atoms with Gasteiger partial charge >= 0.3 is 5.97 Å². The Labute approximate surface area is 79.9 Å². The maximum absolute atomic E-state index is 10.3. The first-order valence-corrected chi connectivity index (χ1v) is 4.85. The predicted octanol–water partition coefficient (Wildman–Crippen LogP) is 0.693. The Kier molecular flexibility index (Phi) is 3.39. The Bertz CT molecular complexity index is 297. The smallest absolute Gasteiger partial charge is 0.332 e. The molecule has 0 aromatic carbocycles. The Hall–Kier alpha value is -0.940. The molecule has 1 heterocycles. The molecule has 13 heavy (non-hydrogen) atoms. The van der Waals surface area contributed by atoms with Gasteiger partial charge in [0.25, 0.3) is 0 Å². The van der Waals surface area contributed by atoms with Crippen molar-refractivity contribution in [1.82, 2.24) is 4.98 Å². The van der Waals surface area contributed by atoms with E-state index in [1.54, 1.807) is 5.38 Å². The summed E-state index contributed by atoms with van der Waals surface area (Å²) >= 11 is 1.49. The molecule has 1 atom stereocenters. The minimum atomic E-state index is -1.34. The number of aryl methyl sites for hydroxylation is 1. The summed E-state index contributed by atoms with van der Waals surface area (Å²) < 4.78 is 0. The van der Waals surface area contributed by atoms with Crippen LogP contribution in [0.1, 0.15) is 17.6 Å². The molecule has 0 amide bonds. The minimum absolute atomic E-state index is 0.0891. The molecular formula is C8H11NO3S. The summed E-state index contributed by atoms with van der Waals surface area (Å²) in [5.41, 5.74) is 0.650. The van der Waals surface area contributed by atoms with Gasteiger partial charge in [-0.05, 0) is 6.42 Å². The van der Waals surface area contributed by atoms with E-state index in [2.05, 4.69) is 4.98 Å². The summed E-state index contributed by atoms with van der Waals surface area (Å²) in [6, 6.07) is 0. The van der Waals surface area contributed by atoms with Crippen LogP contribution in [0.15, 0.2) is 5.38 Å². The van der Waals surface area contributed by atoms with E-state index in [4.69, 9.17) is 10.2 Å². The molecule has 0 radical (unpaired) electrons. The normalized spacial score (nSPS) is 12.8. The van der Waals surface area contributed by atoms with Gasteiger partial charge in [-0.15, -0.1) is 11.3 Å². The molecule has 0 aliphatic rings. The molecule has 1 aromatic rings. The van der Waals surface area contributed by atoms with Crippen molar-refractivity contribution in [3.05, 3.63) is 16.1 Å². The van der Waals surface area contributed by atoms with Gasteiger partial charge in [-0.1, -0.05) is 6.92 Å². The third kappa shape index (κ3) is 2.78. The minimum Gasteiger partial charge on any atom is -0.479 e. The largest absolute Gasteiger partial charge is 0.479 e. The standard InChI is InChI=1S/C8H11NO3S/c1-2-7-9-5(4-13-7)3-6(10)8(11)12/h4,6,10H,2-3H2,1H3,(H,11,12). The highest BCUT2D eigenvalue weighted by Crippen LogP contribution is 2.11. The lowest BCUT2D eigenvalue weighted by Gasteiger charge is -2.00. The third-order valence-electron chi connectivity index (χ3n) is 1.59. The first-order chi connectivity index (χ1) is 6.13. The van der Waals surface area contributed by atoms with E-state index in [0.717, 1.165) is 11.4 Å². The molecule has 1 aromatic heterocycles. The van der Waals surface area contributed by atoms with Crippen LogP contribution in [0.4, 0.5) is 0 Å². The maximum Gasteiger partial charge on any atom is 0.332 e. The van der Waals surface area contributed by atoms with E-state index >= 15 is 0 Å². The third-order valence-corrected chi connectivity index (χ3v) is 2.63. The number of rotatable bonds is 4. The van der Waals surface area contributed by atoms with E-state index in [1.807, 2.05) is 6.92 Å². The van der Waals surface area contributed by atoms with Crippen LogP contribution in [-0.4, -0.2) is 27.3 Å². The van der Waals surface area contributed by atoms with Crippen molar-refractivity contribution in [2.75, 3.05) is 0 Å². The molecule has 5 heteroatoms. The fourth-order valence-corrected chi connectivity index (χ4v) is 1.65. The first kappa shape index (κ1) is 10.1. The topological polar surface area (TPSA) is 70.4 Å². The van der Waals surface area contributed by atoms with E-state index in [0.29, 0.717) is 5.69 Å². The number of carboxylic acid groups (broad SMARTS) is 1. The lowest BCUT2D eigenvalue weighted by Crippen LogP contribution is -2.22. The van der Waals surface area contributed by atoms with E-state index in [9.17, 15) is 4.79 Å². The highest BCUT2D eigenvalue weighted by Gasteiger charge is 2.15. The zero-order valence-corrected chi connectivity index (χ0v) is 8.04. The van der Waals surface area contributed by atoms with Crippen LogP contribution in [-0.2, 0) is 17.6 Å². The summed E-state index contributed by atoms with van der Waals surface area (Å²) in [4.78, 5) is 14.5. The van der Waals surface area contributed by atoms with Crippen LogP contribution in [0.3, 0.4) is 0 Å². The first-order valence-electron chi connectivity index (χ1n) is 3.97. The number of carboxylic acids is 1. The summed E-state index contributed by atoms with van der Waals surface area (Å²) in [6.45, 7) is 1.98.